The molecule has 104 valence electrons. The van der Waals surface area contributed by atoms with Crippen LogP contribution >= 0.6 is 0 Å². The van der Waals surface area contributed by atoms with Crippen LogP contribution in [0.2, 0.25) is 0 Å². The minimum Gasteiger partial charge on any atom is -0.469 e. The van der Waals surface area contributed by atoms with Crippen molar-refractivity contribution in [3.05, 3.63) is 30.1 Å². The molecule has 1 N–H and O–H groups in total. The molecule has 20 heavy (non-hydrogen) atoms. The Hall–Kier alpha value is -2.37. The Kier molecular flexibility index (Phi) is 3.14. The Morgan fingerprint density at radius 2 is 2.45 bits per heavy atom. The number of H-pyrrole nitrogens is 1. The second-order valence-corrected chi connectivity index (χ2v) is 4.96. The topological polar surface area (TPSA) is 75.3 Å². The number of carbonyl (C=O) groups is 2. The molecule has 2 aromatic heterocycles. The van der Waals surface area contributed by atoms with Gasteiger partial charge in [0.25, 0.3) is 0 Å². The van der Waals surface area contributed by atoms with Crippen molar-refractivity contribution in [3.63, 3.8) is 0 Å². The molecular formula is C14H15N3O3. The fourth-order valence-corrected chi connectivity index (χ4v) is 2.54. The Bertz CT molecular complexity index is 664. The van der Waals surface area contributed by atoms with Gasteiger partial charge >= 0.3 is 5.97 Å². The second kappa shape index (κ2) is 4.96. The van der Waals surface area contributed by atoms with Crippen LogP contribution in [0.5, 0.6) is 0 Å². The van der Waals surface area contributed by atoms with Crippen molar-refractivity contribution >= 4 is 22.9 Å². The number of hydrogen-bond acceptors (Lipinski definition) is 4. The maximum absolute atomic E-state index is 11.9. The van der Waals surface area contributed by atoms with Gasteiger partial charge in [0.05, 0.1) is 13.0 Å². The Balaban J connectivity index is 1.74. The summed E-state index contributed by atoms with van der Waals surface area (Å²) in [5, 5.41) is 1.01. The summed E-state index contributed by atoms with van der Waals surface area (Å²) in [7, 11) is 1.35. The number of aromatic nitrogens is 2. The predicted octanol–water partition coefficient (Wildman–Crippen LogP) is 1.08. The van der Waals surface area contributed by atoms with Crippen LogP contribution in [0.15, 0.2) is 24.5 Å². The number of hydrogen-bond donors (Lipinski definition) is 1. The second-order valence-electron chi connectivity index (χ2n) is 4.96. The molecule has 1 atom stereocenters. The molecule has 1 aliphatic rings. The summed E-state index contributed by atoms with van der Waals surface area (Å²) in [6.45, 7) is 0.886. The highest BCUT2D eigenvalue weighted by Crippen LogP contribution is 2.22. The summed E-state index contributed by atoms with van der Waals surface area (Å²) in [6.07, 6.45) is 3.81. The molecule has 3 heterocycles. The number of pyridine rings is 1. The molecule has 0 aromatic carbocycles. The monoisotopic (exact) mass is 273 g/mol. The maximum Gasteiger partial charge on any atom is 0.310 e. The highest BCUT2D eigenvalue weighted by Gasteiger charge is 2.34. The predicted molar refractivity (Wildman–Crippen MR) is 71.6 cm³/mol. The van der Waals surface area contributed by atoms with E-state index >= 15 is 0 Å². The number of rotatable bonds is 3. The van der Waals surface area contributed by atoms with Crippen molar-refractivity contribution < 1.29 is 14.3 Å². The highest BCUT2D eigenvalue weighted by atomic mass is 16.5. The van der Waals surface area contributed by atoms with Gasteiger partial charge < -0.3 is 14.6 Å². The number of aromatic amines is 1. The van der Waals surface area contributed by atoms with Gasteiger partial charge in [0.2, 0.25) is 5.91 Å². The number of nitrogens with zero attached hydrogens (tertiary/aromatic N) is 2. The van der Waals surface area contributed by atoms with Gasteiger partial charge in [0.15, 0.2) is 0 Å². The first kappa shape index (κ1) is 12.7. The van der Waals surface area contributed by atoms with E-state index in [1.165, 1.54) is 7.11 Å². The highest BCUT2D eigenvalue weighted by molar-refractivity contribution is 5.86. The molecule has 6 heteroatoms. The van der Waals surface area contributed by atoms with E-state index in [2.05, 4.69) is 9.97 Å². The molecule has 3 rings (SSSR count). The molecule has 0 bridgehead atoms. The van der Waals surface area contributed by atoms with Crippen molar-refractivity contribution in [1.82, 2.24) is 14.9 Å². The molecule has 1 saturated heterocycles. The fraction of sp³-hybridized carbons (Fsp3) is 0.357. The van der Waals surface area contributed by atoms with Crippen molar-refractivity contribution in [2.24, 2.45) is 5.92 Å². The van der Waals surface area contributed by atoms with Crippen LogP contribution in [0, 0.1) is 5.92 Å². The van der Waals surface area contributed by atoms with Crippen LogP contribution in [-0.2, 0) is 20.9 Å². The van der Waals surface area contributed by atoms with Gasteiger partial charge in [0.1, 0.15) is 5.65 Å². The van der Waals surface area contributed by atoms with E-state index in [0.29, 0.717) is 13.1 Å². The molecule has 0 spiro atoms. The lowest BCUT2D eigenvalue weighted by Crippen LogP contribution is -2.26. The third-order valence-electron chi connectivity index (χ3n) is 3.58. The van der Waals surface area contributed by atoms with E-state index in [-0.39, 0.29) is 24.2 Å². The summed E-state index contributed by atoms with van der Waals surface area (Å²) >= 11 is 0. The van der Waals surface area contributed by atoms with Crippen LogP contribution in [0.1, 0.15) is 12.0 Å². The van der Waals surface area contributed by atoms with Gasteiger partial charge in [-0.15, -0.1) is 0 Å². The number of nitrogens with one attached hydrogen (secondary N) is 1. The van der Waals surface area contributed by atoms with E-state index in [4.69, 9.17) is 4.74 Å². The summed E-state index contributed by atoms with van der Waals surface area (Å²) in [4.78, 5) is 32.4. The van der Waals surface area contributed by atoms with E-state index in [9.17, 15) is 9.59 Å². The van der Waals surface area contributed by atoms with Gasteiger partial charge in [-0.05, 0) is 17.7 Å². The van der Waals surface area contributed by atoms with Crippen LogP contribution in [0.4, 0.5) is 0 Å². The number of methoxy groups -OCH3 is 1. The average Bonchev–Trinajstić information content (AvgIpc) is 3.05. The molecule has 1 amide bonds. The van der Waals surface area contributed by atoms with Gasteiger partial charge in [-0.1, -0.05) is 0 Å². The van der Waals surface area contributed by atoms with Crippen LogP contribution in [0.3, 0.4) is 0 Å². The lowest BCUT2D eigenvalue weighted by Gasteiger charge is -2.16. The third kappa shape index (κ3) is 2.24. The molecule has 0 radical (unpaired) electrons. The van der Waals surface area contributed by atoms with E-state index in [0.717, 1.165) is 16.6 Å². The summed E-state index contributed by atoms with van der Waals surface area (Å²) in [5.41, 5.74) is 1.78. The van der Waals surface area contributed by atoms with Gasteiger partial charge in [-0.2, -0.15) is 0 Å². The van der Waals surface area contributed by atoms with Crippen molar-refractivity contribution in [2.75, 3.05) is 13.7 Å². The molecule has 0 aliphatic carbocycles. The first-order valence-electron chi connectivity index (χ1n) is 6.45. The standard InChI is InChI=1S/C14H15N3O3/c1-20-14(19)11-5-12(18)17(8-11)7-9-4-10-2-3-15-13(10)16-6-9/h2-4,6,11H,5,7-8H2,1H3,(H,15,16). The number of amides is 1. The van der Waals surface area contributed by atoms with E-state index in [1.807, 2.05) is 18.3 Å². The quantitative estimate of drug-likeness (QED) is 0.849. The SMILES string of the molecule is COC(=O)C1CC(=O)N(Cc2cnc3[nH]ccc3c2)C1. The zero-order valence-electron chi connectivity index (χ0n) is 11.1. The Morgan fingerprint density at radius 3 is 3.25 bits per heavy atom. The van der Waals surface area contributed by atoms with Crippen LogP contribution < -0.4 is 0 Å². The molecule has 2 aromatic rings. The summed E-state index contributed by atoms with van der Waals surface area (Å²) < 4.78 is 4.69. The normalized spacial score (nSPS) is 18.8. The van der Waals surface area contributed by atoms with E-state index < -0.39 is 0 Å². The van der Waals surface area contributed by atoms with Crippen LogP contribution in [-0.4, -0.2) is 40.4 Å². The number of esters is 1. The fourth-order valence-electron chi connectivity index (χ4n) is 2.54. The molecule has 0 saturated carbocycles. The maximum atomic E-state index is 11.9. The smallest absolute Gasteiger partial charge is 0.310 e. The molecular weight excluding hydrogens is 258 g/mol. The molecule has 1 aliphatic heterocycles. The largest absolute Gasteiger partial charge is 0.469 e. The first-order chi connectivity index (χ1) is 9.67. The van der Waals surface area contributed by atoms with Gasteiger partial charge in [0, 0.05) is 37.3 Å². The molecule has 6 nitrogen and oxygen atoms in total. The number of likely N-dealkylation sites (tertiary alicyclic amines) is 1. The van der Waals surface area contributed by atoms with Gasteiger partial charge in [-0.3, -0.25) is 9.59 Å². The minimum atomic E-state index is -0.351. The van der Waals surface area contributed by atoms with Crippen LogP contribution in [0.25, 0.3) is 11.0 Å². The van der Waals surface area contributed by atoms with E-state index in [1.54, 1.807) is 11.1 Å². The molecule has 1 fully saturated rings. The summed E-state index contributed by atoms with van der Waals surface area (Å²) in [5.74, 6) is -0.689. The Labute approximate surface area is 115 Å². The Morgan fingerprint density at radius 1 is 1.60 bits per heavy atom. The zero-order chi connectivity index (χ0) is 14.1. The minimum absolute atomic E-state index is 0.0189. The molecule has 1 unspecified atom stereocenters. The summed E-state index contributed by atoms with van der Waals surface area (Å²) in [6, 6.07) is 3.94. The number of ether oxygens (including phenoxy) is 1. The van der Waals surface area contributed by atoms with Crippen molar-refractivity contribution in [3.8, 4) is 0 Å². The zero-order valence-corrected chi connectivity index (χ0v) is 11.1. The first-order valence-corrected chi connectivity index (χ1v) is 6.45. The average molecular weight is 273 g/mol. The third-order valence-corrected chi connectivity index (χ3v) is 3.58. The number of fused-ring (bicyclic) bond motifs is 1. The number of carbonyl (C=O) groups excluding carboxylic acids is 2. The lowest BCUT2D eigenvalue weighted by molar-refractivity contribution is -0.145. The van der Waals surface area contributed by atoms with Gasteiger partial charge in [-0.25, -0.2) is 4.98 Å². The van der Waals surface area contributed by atoms with Crippen molar-refractivity contribution in [1.29, 1.82) is 0 Å². The lowest BCUT2D eigenvalue weighted by atomic mass is 10.1. The van der Waals surface area contributed by atoms with Crippen molar-refractivity contribution in [2.45, 2.75) is 13.0 Å².